The van der Waals surface area contributed by atoms with Gasteiger partial charge in [-0.3, -0.25) is 24.5 Å². The van der Waals surface area contributed by atoms with E-state index in [0.717, 1.165) is 28.0 Å². The van der Waals surface area contributed by atoms with Crippen molar-refractivity contribution in [1.82, 2.24) is 26.2 Å². The number of carbonyl (C=O) groups is 5. The van der Waals surface area contributed by atoms with Gasteiger partial charge < -0.3 is 41.3 Å². The summed E-state index contributed by atoms with van der Waals surface area (Å²) in [5.41, 5.74) is 5.88. The highest BCUT2D eigenvalue weighted by atomic mass is 16.4. The Morgan fingerprint density at radius 1 is 0.881 bits per heavy atom. The van der Waals surface area contributed by atoms with Crippen LogP contribution in [0.25, 0.3) is 22.3 Å². The second-order valence-electron chi connectivity index (χ2n) is 14.9. The van der Waals surface area contributed by atoms with Gasteiger partial charge in [0.15, 0.2) is 0 Å². The van der Waals surface area contributed by atoms with Crippen molar-refractivity contribution in [2.75, 3.05) is 26.7 Å². The topological polar surface area (TPSA) is 218 Å². The van der Waals surface area contributed by atoms with E-state index in [-0.39, 0.29) is 47.6 Å². The van der Waals surface area contributed by atoms with E-state index in [9.17, 15) is 44.4 Å². The van der Waals surface area contributed by atoms with Crippen LogP contribution in [0.4, 0.5) is 0 Å². The molecule has 4 aromatic carbocycles. The summed E-state index contributed by atoms with van der Waals surface area (Å²) in [6, 6.07) is 20.1. The van der Waals surface area contributed by atoms with E-state index in [1.807, 2.05) is 25.1 Å². The van der Waals surface area contributed by atoms with Crippen molar-refractivity contribution in [1.29, 1.82) is 0 Å². The van der Waals surface area contributed by atoms with E-state index in [0.29, 0.717) is 11.1 Å². The first-order chi connectivity index (χ1) is 28.2. The molecule has 4 aromatic rings. The predicted molar refractivity (Wildman–Crippen MR) is 222 cm³/mol. The summed E-state index contributed by atoms with van der Waals surface area (Å²) in [7, 11) is 1.34. The Morgan fingerprint density at radius 3 is 2.27 bits per heavy atom. The minimum absolute atomic E-state index is 0.0732. The number of rotatable bonds is 15. The molecule has 0 aliphatic carbocycles. The van der Waals surface area contributed by atoms with Crippen LogP contribution in [0.1, 0.15) is 79.1 Å². The van der Waals surface area contributed by atoms with Gasteiger partial charge in [-0.05, 0) is 83.0 Å². The van der Waals surface area contributed by atoms with Gasteiger partial charge in [-0.15, -0.1) is 0 Å². The number of phenols is 2. The van der Waals surface area contributed by atoms with Crippen molar-refractivity contribution >= 4 is 29.6 Å². The molecule has 1 heterocycles. The SMILES string of the molecule is CCCCCCc1ccc(-c2ccc(C(O)NCCC(=O)NCC(=O)N(C)C3C(=O)NCC(=O)NC(C(=O)O)Cc4ccc(O)c(c4)-c4cc3ccc4O)c(C)c2)cc1. The molecule has 312 valence electrons. The summed E-state index contributed by atoms with van der Waals surface area (Å²) in [5.74, 6) is -4.55. The number of nitrogens with one attached hydrogen (secondary N) is 4. The lowest BCUT2D eigenvalue weighted by Gasteiger charge is -2.28. The quantitative estimate of drug-likeness (QED) is 0.0626. The lowest BCUT2D eigenvalue weighted by Crippen LogP contribution is -2.49. The van der Waals surface area contributed by atoms with E-state index < -0.39 is 61.0 Å². The van der Waals surface area contributed by atoms with Crippen LogP contribution in [-0.2, 0) is 36.8 Å². The molecule has 14 nitrogen and oxygen atoms in total. The third kappa shape index (κ3) is 11.7. The Morgan fingerprint density at radius 2 is 1.58 bits per heavy atom. The molecular weight excluding hydrogens is 755 g/mol. The fraction of sp³-hybridized carbons (Fsp3) is 0.356. The van der Waals surface area contributed by atoms with Crippen molar-refractivity contribution in [3.8, 4) is 33.8 Å². The molecule has 0 aromatic heterocycles. The number of carbonyl (C=O) groups excluding carboxylic acids is 4. The van der Waals surface area contributed by atoms with Gasteiger partial charge in [0.05, 0.1) is 13.1 Å². The number of aryl methyl sites for hydroxylation is 2. The van der Waals surface area contributed by atoms with Crippen LogP contribution in [0.3, 0.4) is 0 Å². The Hall–Kier alpha value is -6.25. The highest BCUT2D eigenvalue weighted by molar-refractivity contribution is 5.94. The van der Waals surface area contributed by atoms with Gasteiger partial charge in [0, 0.05) is 37.6 Å². The number of amides is 4. The number of aliphatic hydroxyl groups excluding tert-OH is 1. The Balaban J connectivity index is 1.19. The number of carboxylic acid groups (broad SMARTS) is 1. The average molecular weight is 808 g/mol. The Kier molecular flexibility index (Phi) is 15.2. The maximum atomic E-state index is 13.6. The van der Waals surface area contributed by atoms with E-state index in [4.69, 9.17) is 0 Å². The number of fused-ring (bicyclic) bond motifs is 5. The smallest absolute Gasteiger partial charge is 0.326 e. The molecule has 4 amide bonds. The second-order valence-corrected chi connectivity index (χ2v) is 14.9. The van der Waals surface area contributed by atoms with Crippen LogP contribution in [0.15, 0.2) is 78.9 Å². The number of aliphatic hydroxyl groups is 1. The molecule has 0 saturated carbocycles. The number of carboxylic acids is 1. The van der Waals surface area contributed by atoms with E-state index in [1.165, 1.54) is 74.7 Å². The van der Waals surface area contributed by atoms with Gasteiger partial charge in [0.2, 0.25) is 23.6 Å². The molecule has 3 atom stereocenters. The maximum Gasteiger partial charge on any atom is 0.326 e. The molecule has 5 rings (SSSR count). The fourth-order valence-electron chi connectivity index (χ4n) is 7.11. The van der Waals surface area contributed by atoms with Crippen LogP contribution in [0.2, 0.25) is 0 Å². The Bertz CT molecular complexity index is 2160. The zero-order chi connectivity index (χ0) is 42.6. The molecule has 0 radical (unpaired) electrons. The number of hydrogen-bond acceptors (Lipinski definition) is 9. The molecule has 3 unspecified atom stereocenters. The standard InChI is InChI=1S/C45H53N5O9/c1-4-5-6-7-8-28-9-12-30(13-10-28)31-14-16-33(27(2)21-31)43(56)46-20-19-39(53)47-26-41(55)50(3)42-32-15-18-38(52)35(24-32)34-22-29(11-17-37(34)51)23-36(45(58)59)49-40(54)25-48-44(42)57/h9-18,21-22,24,36,42-43,46,51-52,56H,4-8,19-20,23,25-26H2,1-3H3,(H,47,53)(H,48,57)(H,49,54)(H,58,59). The first kappa shape index (κ1) is 43.9. The van der Waals surface area contributed by atoms with Gasteiger partial charge in [0.25, 0.3) is 0 Å². The maximum absolute atomic E-state index is 13.6. The number of aliphatic carboxylic acids is 1. The minimum Gasteiger partial charge on any atom is -0.507 e. The molecule has 0 spiro atoms. The lowest BCUT2D eigenvalue weighted by atomic mass is 9.94. The zero-order valence-electron chi connectivity index (χ0n) is 33.6. The first-order valence-electron chi connectivity index (χ1n) is 19.8. The van der Waals surface area contributed by atoms with Crippen molar-refractivity contribution in [3.05, 3.63) is 107 Å². The number of benzene rings is 4. The van der Waals surface area contributed by atoms with Crippen molar-refractivity contribution < 1.29 is 44.4 Å². The largest absolute Gasteiger partial charge is 0.507 e. The number of unbranched alkanes of at least 4 members (excludes halogenated alkanes) is 3. The van der Waals surface area contributed by atoms with Crippen molar-refractivity contribution in [2.45, 2.75) is 77.1 Å². The molecule has 1 aliphatic heterocycles. The van der Waals surface area contributed by atoms with Gasteiger partial charge in [-0.1, -0.05) is 80.8 Å². The molecule has 8 N–H and O–H groups in total. The van der Waals surface area contributed by atoms with Crippen LogP contribution in [-0.4, -0.2) is 87.6 Å². The van der Waals surface area contributed by atoms with Crippen LogP contribution in [0.5, 0.6) is 11.5 Å². The molecule has 14 heteroatoms. The summed E-state index contributed by atoms with van der Waals surface area (Å²) in [6.07, 6.45) is 4.69. The van der Waals surface area contributed by atoms with E-state index >= 15 is 0 Å². The number of phenolic OH excluding ortho intramolecular Hbond substituents is 2. The summed E-state index contributed by atoms with van der Waals surface area (Å²) < 4.78 is 0. The summed E-state index contributed by atoms with van der Waals surface area (Å²) in [6.45, 7) is 3.13. The summed E-state index contributed by atoms with van der Waals surface area (Å²) in [5, 5.41) is 52.5. The summed E-state index contributed by atoms with van der Waals surface area (Å²) >= 11 is 0. The highest BCUT2D eigenvalue weighted by Gasteiger charge is 2.31. The fourth-order valence-corrected chi connectivity index (χ4v) is 7.11. The molecule has 1 aliphatic rings. The molecule has 0 fully saturated rings. The highest BCUT2D eigenvalue weighted by Crippen LogP contribution is 2.38. The normalized spacial score (nSPS) is 15.9. The third-order valence-corrected chi connectivity index (χ3v) is 10.5. The van der Waals surface area contributed by atoms with Crippen LogP contribution < -0.4 is 21.3 Å². The van der Waals surface area contributed by atoms with Crippen LogP contribution in [0, 0.1) is 6.92 Å². The average Bonchev–Trinajstić information content (AvgIpc) is 3.21. The molecule has 0 saturated heterocycles. The van der Waals surface area contributed by atoms with Crippen LogP contribution >= 0.6 is 0 Å². The monoisotopic (exact) mass is 807 g/mol. The summed E-state index contributed by atoms with van der Waals surface area (Å²) in [4.78, 5) is 65.7. The van der Waals surface area contributed by atoms with Gasteiger partial charge in [-0.25, -0.2) is 4.79 Å². The molecular formula is C45H53N5O9. The lowest BCUT2D eigenvalue weighted by molar-refractivity contribution is -0.142. The third-order valence-electron chi connectivity index (χ3n) is 10.5. The predicted octanol–water partition coefficient (Wildman–Crippen LogP) is 4.39. The van der Waals surface area contributed by atoms with Gasteiger partial charge >= 0.3 is 5.97 Å². The number of aromatic hydroxyl groups is 2. The zero-order valence-corrected chi connectivity index (χ0v) is 33.6. The van der Waals surface area contributed by atoms with Crippen molar-refractivity contribution in [2.24, 2.45) is 0 Å². The number of hydrogen-bond donors (Lipinski definition) is 8. The minimum atomic E-state index is -1.37. The first-order valence-corrected chi connectivity index (χ1v) is 19.8. The molecule has 59 heavy (non-hydrogen) atoms. The van der Waals surface area contributed by atoms with Gasteiger partial charge in [0.1, 0.15) is 29.8 Å². The van der Waals surface area contributed by atoms with Gasteiger partial charge in [-0.2, -0.15) is 0 Å². The second kappa shape index (κ2) is 20.4. The van der Waals surface area contributed by atoms with E-state index in [1.54, 1.807) is 0 Å². The number of likely N-dealkylation sites (N-methyl/N-ethyl adjacent to an activating group) is 1. The molecule has 4 bridgehead atoms. The van der Waals surface area contributed by atoms with E-state index in [2.05, 4.69) is 52.5 Å². The Labute approximate surface area is 343 Å². The number of nitrogens with zero attached hydrogens (tertiary/aromatic N) is 1. The van der Waals surface area contributed by atoms with Crippen molar-refractivity contribution in [3.63, 3.8) is 0 Å².